The molecule has 2 spiro atoms. The monoisotopic (exact) mass is 978 g/mol. The molecule has 0 atom stereocenters. The first-order valence-electron chi connectivity index (χ1n) is 27.0. The van der Waals surface area contributed by atoms with Gasteiger partial charge in [-0.05, 0) is 129 Å². The molecule has 4 aliphatic carbocycles. The molecular formula is C75H50N2. The summed E-state index contributed by atoms with van der Waals surface area (Å²) in [5.74, 6) is 0.696. The van der Waals surface area contributed by atoms with Crippen LogP contribution in [-0.4, -0.2) is 9.97 Å². The lowest BCUT2D eigenvalue weighted by Gasteiger charge is -2.48. The molecule has 0 unspecified atom stereocenters. The minimum absolute atomic E-state index is 0.135. The van der Waals surface area contributed by atoms with E-state index in [2.05, 4.69) is 281 Å². The average molecular weight is 979 g/mol. The largest absolute Gasteiger partial charge is 0.228 e. The number of hydrogen-bond donors (Lipinski definition) is 0. The van der Waals surface area contributed by atoms with Gasteiger partial charge in [-0.3, -0.25) is 0 Å². The molecular weight excluding hydrogens is 929 g/mol. The highest BCUT2D eigenvalue weighted by molar-refractivity contribution is 5.95. The lowest BCUT2D eigenvalue weighted by molar-refractivity contribution is 0.633. The van der Waals surface area contributed by atoms with E-state index in [1.54, 1.807) is 0 Å². The Morgan fingerprint density at radius 3 is 1.08 bits per heavy atom. The Bertz CT molecular complexity index is 4310. The molecule has 0 saturated heterocycles. The standard InChI is InChI=1S/C75H50N2/c1-73(2)60-24-10-6-20-54(60)58-43-41-53(45-68(58)73)71-46-70(50-36-32-48(33-37-50)47-18-4-3-5-19-47)76-72(77-71)51-38-34-49(35-39-51)52-40-42-59-57-23-9-13-27-63(57)75(69(59)44-52)66-30-16-14-28-64(66)74(65-29-15-17-31-67(65)75)61-25-11-7-21-55(61)56-22-8-12-26-62(56)74/h3-46H,1-2H3. The highest BCUT2D eigenvalue weighted by atomic mass is 14.9. The molecule has 12 aromatic rings. The minimum atomic E-state index is -0.563. The van der Waals surface area contributed by atoms with Gasteiger partial charge in [0.15, 0.2) is 5.82 Å². The molecule has 16 rings (SSSR count). The van der Waals surface area contributed by atoms with Crippen molar-refractivity contribution < 1.29 is 0 Å². The van der Waals surface area contributed by atoms with Crippen LogP contribution in [0.2, 0.25) is 0 Å². The van der Waals surface area contributed by atoms with Gasteiger partial charge in [-0.15, -0.1) is 0 Å². The third-order valence-corrected chi connectivity index (χ3v) is 17.8. The van der Waals surface area contributed by atoms with Crippen LogP contribution in [0.15, 0.2) is 267 Å². The van der Waals surface area contributed by atoms with Crippen LogP contribution in [-0.2, 0) is 16.2 Å². The Morgan fingerprint density at radius 1 is 0.221 bits per heavy atom. The zero-order valence-electron chi connectivity index (χ0n) is 42.8. The van der Waals surface area contributed by atoms with Crippen LogP contribution in [0.25, 0.3) is 89.5 Å². The van der Waals surface area contributed by atoms with E-state index in [1.165, 1.54) is 106 Å². The van der Waals surface area contributed by atoms with Gasteiger partial charge in [-0.25, -0.2) is 9.97 Å². The second-order valence-electron chi connectivity index (χ2n) is 21.9. The molecule has 0 bridgehead atoms. The van der Waals surface area contributed by atoms with E-state index >= 15 is 0 Å². The van der Waals surface area contributed by atoms with E-state index in [0.717, 1.165) is 33.6 Å². The second-order valence-corrected chi connectivity index (χ2v) is 21.9. The molecule has 1 heterocycles. The topological polar surface area (TPSA) is 25.8 Å². The first-order valence-corrected chi connectivity index (χ1v) is 27.0. The molecule has 77 heavy (non-hydrogen) atoms. The molecule has 360 valence electrons. The van der Waals surface area contributed by atoms with Crippen LogP contribution in [0.4, 0.5) is 0 Å². The van der Waals surface area contributed by atoms with Gasteiger partial charge in [0.25, 0.3) is 0 Å². The summed E-state index contributed by atoms with van der Waals surface area (Å²) in [5.41, 5.74) is 29.6. The van der Waals surface area contributed by atoms with Gasteiger partial charge in [-0.2, -0.15) is 0 Å². The van der Waals surface area contributed by atoms with Crippen LogP contribution in [0.5, 0.6) is 0 Å². The van der Waals surface area contributed by atoms with Crippen LogP contribution >= 0.6 is 0 Å². The van der Waals surface area contributed by atoms with Crippen molar-refractivity contribution in [1.29, 1.82) is 0 Å². The zero-order valence-corrected chi connectivity index (χ0v) is 42.8. The molecule has 0 N–H and O–H groups in total. The van der Waals surface area contributed by atoms with Crippen molar-refractivity contribution in [1.82, 2.24) is 9.97 Å². The van der Waals surface area contributed by atoms with Gasteiger partial charge in [0, 0.05) is 22.1 Å². The number of fused-ring (bicyclic) bond motifs is 19. The number of rotatable bonds is 5. The van der Waals surface area contributed by atoms with Crippen molar-refractivity contribution in [2.45, 2.75) is 30.1 Å². The summed E-state index contributed by atoms with van der Waals surface area (Å²) >= 11 is 0. The van der Waals surface area contributed by atoms with E-state index in [1.807, 2.05) is 0 Å². The SMILES string of the molecule is CC1(C)c2ccccc2-c2ccc(-c3cc(-c4ccc(-c5ccccc5)cc4)nc(-c4ccc(-c5ccc6c(c5)C5(c7ccccc7-6)c6ccccc6C6(c7ccccc7-c7ccccc76)c6ccccc65)cc4)n3)cc21. The lowest BCUT2D eigenvalue weighted by Crippen LogP contribution is -2.43. The number of hydrogen-bond acceptors (Lipinski definition) is 2. The van der Waals surface area contributed by atoms with Crippen LogP contribution in [0.1, 0.15) is 69.5 Å². The lowest BCUT2D eigenvalue weighted by atomic mass is 9.52. The summed E-state index contributed by atoms with van der Waals surface area (Å²) in [6, 6.07) is 99.4. The van der Waals surface area contributed by atoms with Crippen molar-refractivity contribution in [2.24, 2.45) is 0 Å². The molecule has 0 fully saturated rings. The Morgan fingerprint density at radius 2 is 0.545 bits per heavy atom. The van der Waals surface area contributed by atoms with E-state index in [0.29, 0.717) is 5.82 Å². The average Bonchev–Trinajstić information content (AvgIpc) is 4.16. The zero-order chi connectivity index (χ0) is 51.0. The molecule has 0 aliphatic heterocycles. The first kappa shape index (κ1) is 43.9. The van der Waals surface area contributed by atoms with Crippen molar-refractivity contribution in [3.05, 3.63) is 323 Å². The first-order chi connectivity index (χ1) is 37.9. The fourth-order valence-electron chi connectivity index (χ4n) is 14.4. The summed E-state index contributed by atoms with van der Waals surface area (Å²) in [7, 11) is 0. The Kier molecular flexibility index (Phi) is 9.26. The van der Waals surface area contributed by atoms with Gasteiger partial charge in [0.2, 0.25) is 0 Å². The van der Waals surface area contributed by atoms with Gasteiger partial charge >= 0.3 is 0 Å². The predicted octanol–water partition coefficient (Wildman–Crippen LogP) is 18.2. The summed E-state index contributed by atoms with van der Waals surface area (Å²) in [6.07, 6.45) is 0. The summed E-state index contributed by atoms with van der Waals surface area (Å²) in [6.45, 7) is 4.68. The molecule has 1 aromatic heterocycles. The maximum Gasteiger partial charge on any atom is 0.160 e. The Balaban J connectivity index is 0.837. The highest BCUT2D eigenvalue weighted by Gasteiger charge is 2.59. The van der Waals surface area contributed by atoms with Crippen molar-refractivity contribution in [3.8, 4) is 89.5 Å². The second kappa shape index (κ2) is 16.3. The normalized spacial score (nSPS) is 14.7. The number of benzene rings is 11. The van der Waals surface area contributed by atoms with Gasteiger partial charge < -0.3 is 0 Å². The fraction of sp³-hybridized carbons (Fsp3) is 0.0667. The molecule has 4 aliphatic rings. The Labute approximate surface area is 449 Å². The van der Waals surface area contributed by atoms with Gasteiger partial charge in [-0.1, -0.05) is 263 Å². The van der Waals surface area contributed by atoms with E-state index in [-0.39, 0.29) is 5.41 Å². The smallest absolute Gasteiger partial charge is 0.160 e. The van der Waals surface area contributed by atoms with Gasteiger partial charge in [0.1, 0.15) is 0 Å². The third kappa shape index (κ3) is 6.01. The maximum atomic E-state index is 5.41. The Hall–Kier alpha value is -9.50. The maximum absolute atomic E-state index is 5.41. The predicted molar refractivity (Wildman–Crippen MR) is 315 cm³/mol. The van der Waals surface area contributed by atoms with Crippen LogP contribution in [0.3, 0.4) is 0 Å². The van der Waals surface area contributed by atoms with Crippen LogP contribution < -0.4 is 0 Å². The quantitative estimate of drug-likeness (QED) is 0.172. The van der Waals surface area contributed by atoms with Crippen molar-refractivity contribution in [3.63, 3.8) is 0 Å². The summed E-state index contributed by atoms with van der Waals surface area (Å²) in [5, 5.41) is 0. The number of nitrogens with zero attached hydrogens (tertiary/aromatic N) is 2. The van der Waals surface area contributed by atoms with Gasteiger partial charge in [0.05, 0.1) is 22.2 Å². The molecule has 0 amide bonds. The van der Waals surface area contributed by atoms with E-state index in [4.69, 9.17) is 9.97 Å². The molecule has 2 heteroatoms. The molecule has 11 aromatic carbocycles. The molecule has 2 nitrogen and oxygen atoms in total. The number of aromatic nitrogens is 2. The molecule has 0 saturated carbocycles. The van der Waals surface area contributed by atoms with Crippen molar-refractivity contribution in [2.75, 3.05) is 0 Å². The third-order valence-electron chi connectivity index (χ3n) is 17.8. The highest BCUT2D eigenvalue weighted by Crippen LogP contribution is 2.67. The summed E-state index contributed by atoms with van der Waals surface area (Å²) in [4.78, 5) is 10.8. The molecule has 0 radical (unpaired) electrons. The van der Waals surface area contributed by atoms with Crippen molar-refractivity contribution >= 4 is 0 Å². The minimum Gasteiger partial charge on any atom is -0.228 e. The van der Waals surface area contributed by atoms with E-state index < -0.39 is 10.8 Å². The van der Waals surface area contributed by atoms with E-state index in [9.17, 15) is 0 Å². The fourth-order valence-corrected chi connectivity index (χ4v) is 14.4. The summed E-state index contributed by atoms with van der Waals surface area (Å²) < 4.78 is 0. The van der Waals surface area contributed by atoms with Crippen LogP contribution in [0, 0.1) is 0 Å².